The Morgan fingerprint density at radius 3 is 2.58 bits per heavy atom. The SMILES string of the molecule is CCOC(=O)COc1cc(C(=O)N2c3ccccc3[C@H](N(C(C)=O)c3ccc(Cl)cc3)C[C@@H]2C)on1. The molecule has 0 N–H and O–H groups in total. The van der Waals surface area contributed by atoms with Crippen LogP contribution in [0.1, 0.15) is 49.4 Å². The summed E-state index contributed by atoms with van der Waals surface area (Å²) in [7, 11) is 0. The molecule has 2 amide bonds. The average molecular weight is 512 g/mol. The normalized spacial score (nSPS) is 16.7. The van der Waals surface area contributed by atoms with Crippen molar-refractivity contribution in [2.45, 2.75) is 39.3 Å². The van der Waals surface area contributed by atoms with Gasteiger partial charge in [-0.3, -0.25) is 9.59 Å². The van der Waals surface area contributed by atoms with Gasteiger partial charge in [-0.1, -0.05) is 29.8 Å². The molecule has 1 aliphatic rings. The lowest BCUT2D eigenvalue weighted by Crippen LogP contribution is -2.47. The fraction of sp³-hybridized carbons (Fsp3) is 0.308. The summed E-state index contributed by atoms with van der Waals surface area (Å²) in [6.45, 7) is 5.01. The maximum absolute atomic E-state index is 13.5. The van der Waals surface area contributed by atoms with Crippen LogP contribution < -0.4 is 14.5 Å². The van der Waals surface area contributed by atoms with Gasteiger partial charge in [0.05, 0.1) is 18.7 Å². The lowest BCUT2D eigenvalue weighted by molar-refractivity contribution is -0.145. The third kappa shape index (κ3) is 5.21. The number of hydrogen-bond donors (Lipinski definition) is 0. The van der Waals surface area contributed by atoms with E-state index < -0.39 is 11.9 Å². The molecule has 0 spiro atoms. The fourth-order valence-electron chi connectivity index (χ4n) is 4.40. The molecule has 4 rings (SSSR count). The zero-order valence-corrected chi connectivity index (χ0v) is 20.9. The van der Waals surface area contributed by atoms with Gasteiger partial charge in [0.1, 0.15) is 0 Å². The zero-order valence-electron chi connectivity index (χ0n) is 20.1. The highest BCUT2D eigenvalue weighted by molar-refractivity contribution is 6.30. The molecule has 0 fully saturated rings. The van der Waals surface area contributed by atoms with Gasteiger partial charge in [0.2, 0.25) is 11.7 Å². The standard InChI is InChI=1S/C26H26ClN3O6/c1-4-34-25(32)15-35-24-14-23(36-28-24)26(33)29-16(2)13-22(20-7-5-6-8-21(20)29)30(17(3)31)19-11-9-18(27)10-12-19/h5-12,14,16,22H,4,13,15H2,1-3H3/t16-,22+/m0/s1. The number of halogens is 1. The largest absolute Gasteiger partial charge is 0.463 e. The predicted octanol–water partition coefficient (Wildman–Crippen LogP) is 4.80. The van der Waals surface area contributed by atoms with Crippen LogP contribution in [0.2, 0.25) is 5.02 Å². The van der Waals surface area contributed by atoms with Gasteiger partial charge in [0.15, 0.2) is 6.61 Å². The van der Waals surface area contributed by atoms with Gasteiger partial charge < -0.3 is 23.8 Å². The van der Waals surface area contributed by atoms with Crippen molar-refractivity contribution in [1.82, 2.24) is 5.16 Å². The Kier molecular flexibility index (Phi) is 7.59. The van der Waals surface area contributed by atoms with E-state index in [-0.39, 0.29) is 42.8 Å². The van der Waals surface area contributed by atoms with Gasteiger partial charge in [-0.25, -0.2) is 4.79 Å². The summed E-state index contributed by atoms with van der Waals surface area (Å²) in [6.07, 6.45) is 0.491. The van der Waals surface area contributed by atoms with Crippen molar-refractivity contribution in [3.8, 4) is 5.88 Å². The first-order valence-corrected chi connectivity index (χ1v) is 11.9. The Morgan fingerprint density at radius 1 is 1.17 bits per heavy atom. The number of carbonyl (C=O) groups is 3. The minimum absolute atomic E-state index is 0.00715. The van der Waals surface area contributed by atoms with Gasteiger partial charge in [-0.2, -0.15) is 0 Å². The van der Waals surface area contributed by atoms with E-state index in [1.807, 2.05) is 31.2 Å². The molecule has 0 unspecified atom stereocenters. The number of ether oxygens (including phenoxy) is 2. The van der Waals surface area contributed by atoms with Crippen molar-refractivity contribution >= 4 is 40.8 Å². The Morgan fingerprint density at radius 2 is 1.89 bits per heavy atom. The second kappa shape index (κ2) is 10.8. The van der Waals surface area contributed by atoms with Crippen LogP contribution in [0, 0.1) is 0 Å². The highest BCUT2D eigenvalue weighted by atomic mass is 35.5. The molecule has 10 heteroatoms. The van der Waals surface area contributed by atoms with Gasteiger partial charge in [0, 0.05) is 29.4 Å². The highest BCUT2D eigenvalue weighted by Crippen LogP contribution is 2.43. The second-order valence-corrected chi connectivity index (χ2v) is 8.76. The Labute approximate surface area is 213 Å². The minimum atomic E-state index is -0.547. The lowest BCUT2D eigenvalue weighted by atomic mass is 9.89. The number of esters is 1. The molecule has 9 nitrogen and oxygen atoms in total. The number of amides is 2. The molecule has 1 aromatic heterocycles. The quantitative estimate of drug-likeness (QED) is 0.420. The van der Waals surface area contributed by atoms with Crippen molar-refractivity contribution in [1.29, 1.82) is 0 Å². The molecule has 0 bridgehead atoms. The topological polar surface area (TPSA) is 102 Å². The molecular formula is C26H26ClN3O6. The lowest BCUT2D eigenvalue weighted by Gasteiger charge is -2.43. The molecule has 2 heterocycles. The number of carbonyl (C=O) groups excluding carboxylic acids is 3. The summed E-state index contributed by atoms with van der Waals surface area (Å²) in [6, 6.07) is 15.3. The van der Waals surface area contributed by atoms with Gasteiger partial charge in [-0.15, -0.1) is 0 Å². The molecule has 2 aromatic carbocycles. The number of aromatic nitrogens is 1. The summed E-state index contributed by atoms with van der Waals surface area (Å²) >= 11 is 6.06. The number of hydrogen-bond acceptors (Lipinski definition) is 7. The molecule has 0 saturated carbocycles. The first kappa shape index (κ1) is 25.2. The van der Waals surface area contributed by atoms with Crippen molar-refractivity contribution < 1.29 is 28.4 Å². The third-order valence-corrected chi connectivity index (χ3v) is 6.13. The zero-order chi connectivity index (χ0) is 25.8. The Balaban J connectivity index is 1.62. The summed E-state index contributed by atoms with van der Waals surface area (Å²) in [4.78, 5) is 41.1. The summed E-state index contributed by atoms with van der Waals surface area (Å²) in [5, 5.41) is 4.32. The predicted molar refractivity (Wildman–Crippen MR) is 133 cm³/mol. The Bertz CT molecular complexity index is 1260. The van der Waals surface area contributed by atoms with Crippen molar-refractivity contribution in [2.24, 2.45) is 0 Å². The molecule has 2 atom stereocenters. The van der Waals surface area contributed by atoms with E-state index in [4.69, 9.17) is 25.6 Å². The van der Waals surface area contributed by atoms with E-state index in [1.165, 1.54) is 13.0 Å². The summed E-state index contributed by atoms with van der Waals surface area (Å²) in [5.41, 5.74) is 2.21. The monoisotopic (exact) mass is 511 g/mol. The summed E-state index contributed by atoms with van der Waals surface area (Å²) < 4.78 is 15.3. The van der Waals surface area contributed by atoms with E-state index in [9.17, 15) is 14.4 Å². The number of rotatable bonds is 7. The van der Waals surface area contributed by atoms with Gasteiger partial charge in [-0.05, 0) is 61.3 Å². The van der Waals surface area contributed by atoms with Crippen LogP contribution in [-0.4, -0.2) is 42.2 Å². The maximum atomic E-state index is 13.5. The molecule has 0 saturated heterocycles. The van der Waals surface area contributed by atoms with Crippen LogP contribution in [0.4, 0.5) is 11.4 Å². The molecule has 0 radical (unpaired) electrons. The first-order chi connectivity index (χ1) is 17.3. The molecule has 1 aliphatic heterocycles. The van der Waals surface area contributed by atoms with Crippen molar-refractivity contribution in [3.63, 3.8) is 0 Å². The van der Waals surface area contributed by atoms with Gasteiger partial charge in [0.25, 0.3) is 11.8 Å². The molecule has 3 aromatic rings. The number of fused-ring (bicyclic) bond motifs is 1. The molecule has 0 aliphatic carbocycles. The maximum Gasteiger partial charge on any atom is 0.344 e. The molecule has 188 valence electrons. The molecular weight excluding hydrogens is 486 g/mol. The first-order valence-electron chi connectivity index (χ1n) is 11.5. The molecule has 36 heavy (non-hydrogen) atoms. The van der Waals surface area contributed by atoms with Crippen LogP contribution in [0.15, 0.2) is 59.1 Å². The van der Waals surface area contributed by atoms with Crippen LogP contribution in [0.25, 0.3) is 0 Å². The van der Waals surface area contributed by atoms with E-state index in [2.05, 4.69) is 5.16 Å². The number of anilines is 2. The second-order valence-electron chi connectivity index (χ2n) is 8.32. The third-order valence-electron chi connectivity index (χ3n) is 5.88. The van der Waals surface area contributed by atoms with Crippen molar-refractivity contribution in [2.75, 3.05) is 23.0 Å². The fourth-order valence-corrected chi connectivity index (χ4v) is 4.53. The van der Waals surface area contributed by atoms with Crippen LogP contribution in [0.3, 0.4) is 0 Å². The van der Waals surface area contributed by atoms with Crippen LogP contribution in [0.5, 0.6) is 5.88 Å². The number of nitrogens with zero attached hydrogens (tertiary/aromatic N) is 3. The minimum Gasteiger partial charge on any atom is -0.463 e. The number of benzene rings is 2. The summed E-state index contributed by atoms with van der Waals surface area (Å²) in [5.74, 6) is -1.10. The number of para-hydroxylation sites is 1. The highest BCUT2D eigenvalue weighted by Gasteiger charge is 2.39. The van der Waals surface area contributed by atoms with Crippen molar-refractivity contribution in [3.05, 3.63) is 70.9 Å². The van der Waals surface area contributed by atoms with E-state index >= 15 is 0 Å². The van der Waals surface area contributed by atoms with E-state index in [0.29, 0.717) is 17.1 Å². The van der Waals surface area contributed by atoms with Gasteiger partial charge >= 0.3 is 5.97 Å². The Hall–Kier alpha value is -3.85. The van der Waals surface area contributed by atoms with E-state index in [1.54, 1.807) is 41.0 Å². The van der Waals surface area contributed by atoms with Crippen LogP contribution in [-0.2, 0) is 14.3 Å². The average Bonchev–Trinajstić information content (AvgIpc) is 3.33. The van der Waals surface area contributed by atoms with Crippen LogP contribution >= 0.6 is 11.6 Å². The smallest absolute Gasteiger partial charge is 0.344 e. The van der Waals surface area contributed by atoms with E-state index in [0.717, 1.165) is 11.3 Å².